The maximum atomic E-state index is 10.2. The SMILES string of the molecule is CCNC(=NCC1(O)CCC1)NCC1(c2cccc(Br)c2)CC1. The summed E-state index contributed by atoms with van der Waals surface area (Å²) in [5, 5.41) is 17.0. The molecule has 126 valence electrons. The minimum Gasteiger partial charge on any atom is -0.388 e. The van der Waals surface area contributed by atoms with Gasteiger partial charge in [0, 0.05) is 23.0 Å². The molecule has 0 aromatic heterocycles. The van der Waals surface area contributed by atoms with Gasteiger partial charge in [0.2, 0.25) is 0 Å². The largest absolute Gasteiger partial charge is 0.388 e. The third-order valence-corrected chi connectivity index (χ3v) is 5.54. The molecule has 0 aliphatic heterocycles. The lowest BCUT2D eigenvalue weighted by molar-refractivity contribution is -0.0236. The summed E-state index contributed by atoms with van der Waals surface area (Å²) in [6, 6.07) is 8.60. The van der Waals surface area contributed by atoms with Gasteiger partial charge in [0.1, 0.15) is 0 Å². The lowest BCUT2D eigenvalue weighted by Crippen LogP contribution is -2.44. The molecule has 1 aromatic rings. The number of nitrogens with one attached hydrogen (secondary N) is 2. The van der Waals surface area contributed by atoms with Crippen molar-refractivity contribution >= 4 is 21.9 Å². The second-order valence-corrected chi connectivity index (χ2v) is 7.83. The fourth-order valence-electron chi connectivity index (χ4n) is 3.10. The zero-order chi connectivity index (χ0) is 16.3. The Balaban J connectivity index is 1.61. The monoisotopic (exact) mass is 379 g/mol. The first kappa shape index (κ1) is 16.8. The molecule has 0 heterocycles. The molecular formula is C18H26BrN3O. The molecule has 0 bridgehead atoms. The van der Waals surface area contributed by atoms with Crippen molar-refractivity contribution in [2.24, 2.45) is 4.99 Å². The van der Waals surface area contributed by atoms with Crippen molar-refractivity contribution < 1.29 is 5.11 Å². The van der Waals surface area contributed by atoms with Crippen molar-refractivity contribution in [1.29, 1.82) is 0 Å². The van der Waals surface area contributed by atoms with Crippen LogP contribution in [0.3, 0.4) is 0 Å². The van der Waals surface area contributed by atoms with Crippen LogP contribution in [0.5, 0.6) is 0 Å². The molecule has 4 nitrogen and oxygen atoms in total. The van der Waals surface area contributed by atoms with E-state index in [1.807, 2.05) is 0 Å². The molecule has 3 N–H and O–H groups in total. The Hall–Kier alpha value is -1.07. The minimum atomic E-state index is -0.566. The van der Waals surface area contributed by atoms with E-state index in [1.165, 1.54) is 18.4 Å². The highest BCUT2D eigenvalue weighted by Crippen LogP contribution is 2.48. The van der Waals surface area contributed by atoms with Gasteiger partial charge in [0.25, 0.3) is 0 Å². The predicted molar refractivity (Wildman–Crippen MR) is 97.8 cm³/mol. The first-order valence-corrected chi connectivity index (χ1v) is 9.35. The van der Waals surface area contributed by atoms with Crippen molar-refractivity contribution in [1.82, 2.24) is 10.6 Å². The van der Waals surface area contributed by atoms with Crippen LogP contribution in [0.1, 0.15) is 44.6 Å². The third kappa shape index (κ3) is 4.07. The standard InChI is InChI=1S/C18H26BrN3O/c1-2-20-16(22-13-18(23)7-4-8-18)21-12-17(9-10-17)14-5-3-6-15(19)11-14/h3,5-6,11,23H,2,4,7-10,12-13H2,1H3,(H2,20,21,22). The third-order valence-electron chi connectivity index (χ3n) is 5.04. The van der Waals surface area contributed by atoms with Crippen LogP contribution in [0.4, 0.5) is 0 Å². The maximum absolute atomic E-state index is 10.2. The van der Waals surface area contributed by atoms with Gasteiger partial charge in [0.15, 0.2) is 5.96 Å². The molecule has 2 aliphatic rings. The Morgan fingerprint density at radius 1 is 1.26 bits per heavy atom. The second-order valence-electron chi connectivity index (χ2n) is 6.92. The van der Waals surface area contributed by atoms with Crippen molar-refractivity contribution in [3.8, 4) is 0 Å². The number of guanidine groups is 1. The Morgan fingerprint density at radius 3 is 2.61 bits per heavy atom. The number of halogens is 1. The van der Waals surface area contributed by atoms with E-state index in [0.29, 0.717) is 6.54 Å². The zero-order valence-electron chi connectivity index (χ0n) is 13.7. The summed E-state index contributed by atoms with van der Waals surface area (Å²) in [7, 11) is 0. The van der Waals surface area contributed by atoms with Gasteiger partial charge in [-0.05, 0) is 56.7 Å². The average molecular weight is 380 g/mol. The van der Waals surface area contributed by atoms with Gasteiger partial charge in [-0.1, -0.05) is 28.1 Å². The molecule has 0 unspecified atom stereocenters. The smallest absolute Gasteiger partial charge is 0.191 e. The van der Waals surface area contributed by atoms with Gasteiger partial charge in [-0.15, -0.1) is 0 Å². The van der Waals surface area contributed by atoms with Crippen LogP contribution in [-0.4, -0.2) is 36.3 Å². The average Bonchev–Trinajstić information content (AvgIpc) is 3.29. The molecule has 2 fully saturated rings. The van der Waals surface area contributed by atoms with Crippen LogP contribution in [0.2, 0.25) is 0 Å². The molecule has 2 aliphatic carbocycles. The molecule has 0 spiro atoms. The summed E-state index contributed by atoms with van der Waals surface area (Å²) >= 11 is 3.56. The first-order valence-electron chi connectivity index (χ1n) is 8.56. The highest BCUT2D eigenvalue weighted by Gasteiger charge is 2.44. The lowest BCUT2D eigenvalue weighted by atomic mass is 9.80. The maximum Gasteiger partial charge on any atom is 0.191 e. The molecule has 0 radical (unpaired) electrons. The van der Waals surface area contributed by atoms with Crippen LogP contribution >= 0.6 is 15.9 Å². The molecule has 5 heteroatoms. The van der Waals surface area contributed by atoms with Crippen LogP contribution < -0.4 is 10.6 Å². The van der Waals surface area contributed by atoms with Crippen molar-refractivity contribution in [3.05, 3.63) is 34.3 Å². The van der Waals surface area contributed by atoms with Gasteiger partial charge in [-0.3, -0.25) is 4.99 Å². The van der Waals surface area contributed by atoms with E-state index in [4.69, 9.17) is 0 Å². The van der Waals surface area contributed by atoms with Gasteiger partial charge in [-0.25, -0.2) is 0 Å². The summed E-state index contributed by atoms with van der Waals surface area (Å²) < 4.78 is 1.13. The molecule has 2 saturated carbocycles. The van der Waals surface area contributed by atoms with E-state index >= 15 is 0 Å². The summed E-state index contributed by atoms with van der Waals surface area (Å²) in [5.74, 6) is 0.814. The molecule has 3 rings (SSSR count). The Morgan fingerprint density at radius 2 is 2.04 bits per heavy atom. The second kappa shape index (κ2) is 6.81. The molecule has 0 amide bonds. The summed E-state index contributed by atoms with van der Waals surface area (Å²) in [5.41, 5.74) is 1.05. The van der Waals surface area contributed by atoms with Crippen LogP contribution in [0.25, 0.3) is 0 Å². The first-order chi connectivity index (χ1) is 11.1. The zero-order valence-corrected chi connectivity index (χ0v) is 15.3. The van der Waals surface area contributed by atoms with Crippen LogP contribution in [0.15, 0.2) is 33.7 Å². The van der Waals surface area contributed by atoms with Gasteiger partial charge in [-0.2, -0.15) is 0 Å². The fourth-order valence-corrected chi connectivity index (χ4v) is 3.50. The Bertz CT molecular complexity index is 579. The number of benzene rings is 1. The van der Waals surface area contributed by atoms with Crippen LogP contribution in [-0.2, 0) is 5.41 Å². The van der Waals surface area contributed by atoms with Crippen molar-refractivity contribution in [3.63, 3.8) is 0 Å². The predicted octanol–water partition coefficient (Wildman–Crippen LogP) is 2.95. The normalized spacial score (nSPS) is 21.4. The summed E-state index contributed by atoms with van der Waals surface area (Å²) in [4.78, 5) is 4.58. The highest BCUT2D eigenvalue weighted by atomic mass is 79.9. The number of hydrogen-bond acceptors (Lipinski definition) is 2. The molecule has 1 aromatic carbocycles. The Kier molecular flexibility index (Phi) is 4.97. The molecule has 0 atom stereocenters. The van der Waals surface area contributed by atoms with E-state index in [2.05, 4.69) is 62.7 Å². The molecule has 23 heavy (non-hydrogen) atoms. The van der Waals surface area contributed by atoms with E-state index in [1.54, 1.807) is 0 Å². The van der Waals surface area contributed by atoms with Gasteiger partial charge in [0.05, 0.1) is 12.1 Å². The van der Waals surface area contributed by atoms with E-state index in [9.17, 15) is 5.11 Å². The Labute approximate surface area is 146 Å². The number of aliphatic hydroxyl groups is 1. The highest BCUT2D eigenvalue weighted by molar-refractivity contribution is 9.10. The lowest BCUT2D eigenvalue weighted by Gasteiger charge is -2.35. The number of aliphatic imine (C=N–C) groups is 1. The van der Waals surface area contributed by atoms with E-state index < -0.39 is 5.60 Å². The number of nitrogens with zero attached hydrogens (tertiary/aromatic N) is 1. The van der Waals surface area contributed by atoms with Gasteiger partial charge >= 0.3 is 0 Å². The number of rotatable bonds is 6. The minimum absolute atomic E-state index is 0.230. The van der Waals surface area contributed by atoms with E-state index in [-0.39, 0.29) is 5.41 Å². The molecular weight excluding hydrogens is 354 g/mol. The topological polar surface area (TPSA) is 56.7 Å². The summed E-state index contributed by atoms with van der Waals surface area (Å²) in [6.45, 7) is 4.27. The molecule has 0 saturated heterocycles. The number of hydrogen-bond donors (Lipinski definition) is 3. The fraction of sp³-hybridized carbons (Fsp3) is 0.611. The van der Waals surface area contributed by atoms with Crippen LogP contribution in [0, 0.1) is 0 Å². The van der Waals surface area contributed by atoms with E-state index in [0.717, 1.165) is 42.8 Å². The van der Waals surface area contributed by atoms with Crippen molar-refractivity contribution in [2.45, 2.75) is 50.0 Å². The quantitative estimate of drug-likeness (QED) is 0.526. The summed E-state index contributed by atoms with van der Waals surface area (Å²) in [6.07, 6.45) is 5.28. The van der Waals surface area contributed by atoms with Crippen molar-refractivity contribution in [2.75, 3.05) is 19.6 Å². The van der Waals surface area contributed by atoms with Gasteiger partial charge < -0.3 is 15.7 Å².